The molecule has 1 rings (SSSR count). The number of halogens is 4. The Labute approximate surface area is 99.6 Å². The van der Waals surface area contributed by atoms with Crippen LogP contribution in [0.5, 0.6) is 0 Å². The molecule has 0 unspecified atom stereocenters. The van der Waals surface area contributed by atoms with E-state index in [1.165, 1.54) is 11.3 Å². The highest BCUT2D eigenvalue weighted by molar-refractivity contribution is 7.09. The SMILES string of the molecule is NCCc1csc(COCC(F)(F)C(F)F)n1. The number of rotatable bonds is 7. The Balaban J connectivity index is 2.35. The van der Waals surface area contributed by atoms with Gasteiger partial charge >= 0.3 is 12.3 Å². The van der Waals surface area contributed by atoms with E-state index in [0.717, 1.165) is 5.69 Å². The van der Waals surface area contributed by atoms with Crippen molar-refractivity contribution in [2.45, 2.75) is 25.4 Å². The van der Waals surface area contributed by atoms with Crippen molar-refractivity contribution in [1.29, 1.82) is 0 Å². The highest BCUT2D eigenvalue weighted by Crippen LogP contribution is 2.23. The predicted octanol–water partition coefficient (Wildman–Crippen LogP) is 2.06. The number of alkyl halides is 4. The Morgan fingerprint density at radius 2 is 2.18 bits per heavy atom. The van der Waals surface area contributed by atoms with Gasteiger partial charge in [0, 0.05) is 11.8 Å². The predicted molar refractivity (Wildman–Crippen MR) is 55.5 cm³/mol. The number of ether oxygens (including phenoxy) is 1. The third kappa shape index (κ3) is 4.57. The van der Waals surface area contributed by atoms with Gasteiger partial charge in [-0.3, -0.25) is 0 Å². The molecule has 0 aliphatic heterocycles. The summed E-state index contributed by atoms with van der Waals surface area (Å²) in [6, 6.07) is 0. The first kappa shape index (κ1) is 14.3. The molecule has 0 aliphatic rings. The summed E-state index contributed by atoms with van der Waals surface area (Å²) in [5.41, 5.74) is 6.06. The van der Waals surface area contributed by atoms with Crippen molar-refractivity contribution in [2.75, 3.05) is 13.2 Å². The first-order valence-electron chi connectivity index (χ1n) is 4.83. The van der Waals surface area contributed by atoms with Crippen molar-refractivity contribution in [1.82, 2.24) is 4.98 Å². The smallest absolute Gasteiger partial charge is 0.330 e. The van der Waals surface area contributed by atoms with Gasteiger partial charge in [-0.25, -0.2) is 13.8 Å². The molecule has 8 heteroatoms. The van der Waals surface area contributed by atoms with Crippen molar-refractivity contribution in [2.24, 2.45) is 5.73 Å². The normalized spacial score (nSPS) is 12.4. The zero-order valence-electron chi connectivity index (χ0n) is 8.84. The topological polar surface area (TPSA) is 48.1 Å². The molecule has 98 valence electrons. The Hall–Kier alpha value is -0.730. The molecule has 1 aromatic rings. The maximum absolute atomic E-state index is 12.5. The number of hydrogen-bond donors (Lipinski definition) is 1. The molecule has 0 fully saturated rings. The zero-order chi connectivity index (χ0) is 12.9. The Morgan fingerprint density at radius 3 is 2.76 bits per heavy atom. The molecule has 0 aliphatic carbocycles. The number of thiazole rings is 1. The Bertz CT molecular complexity index is 345. The van der Waals surface area contributed by atoms with Crippen molar-refractivity contribution >= 4 is 11.3 Å². The van der Waals surface area contributed by atoms with E-state index in [1.54, 1.807) is 5.38 Å². The van der Waals surface area contributed by atoms with Gasteiger partial charge < -0.3 is 10.5 Å². The quantitative estimate of drug-likeness (QED) is 0.773. The van der Waals surface area contributed by atoms with Gasteiger partial charge in [-0.15, -0.1) is 11.3 Å². The summed E-state index contributed by atoms with van der Waals surface area (Å²) >= 11 is 1.22. The molecule has 17 heavy (non-hydrogen) atoms. The summed E-state index contributed by atoms with van der Waals surface area (Å²) < 4.78 is 53.0. The largest absolute Gasteiger partial charge is 0.368 e. The second-order valence-corrected chi connectivity index (χ2v) is 4.27. The summed E-state index contributed by atoms with van der Waals surface area (Å²) in [6.45, 7) is -1.07. The van der Waals surface area contributed by atoms with Gasteiger partial charge in [0.15, 0.2) is 0 Å². The van der Waals surface area contributed by atoms with Gasteiger partial charge in [-0.2, -0.15) is 8.78 Å². The van der Waals surface area contributed by atoms with Crippen LogP contribution in [-0.2, 0) is 17.8 Å². The monoisotopic (exact) mass is 272 g/mol. The summed E-state index contributed by atoms with van der Waals surface area (Å²) in [5.74, 6) is -4.11. The number of hydrogen-bond acceptors (Lipinski definition) is 4. The van der Waals surface area contributed by atoms with Crippen LogP contribution in [0, 0.1) is 0 Å². The zero-order valence-corrected chi connectivity index (χ0v) is 9.65. The van der Waals surface area contributed by atoms with Gasteiger partial charge in [0.1, 0.15) is 11.6 Å². The van der Waals surface area contributed by atoms with Crippen LogP contribution in [0.25, 0.3) is 0 Å². The maximum Gasteiger partial charge on any atom is 0.330 e. The Kier molecular flexibility index (Phi) is 5.29. The lowest BCUT2D eigenvalue weighted by Crippen LogP contribution is -2.32. The molecule has 2 N–H and O–H groups in total. The van der Waals surface area contributed by atoms with Gasteiger partial charge in [0.2, 0.25) is 0 Å². The molecule has 0 radical (unpaired) electrons. The molecule has 1 aromatic heterocycles. The number of aromatic nitrogens is 1. The van der Waals surface area contributed by atoms with Crippen molar-refractivity contribution < 1.29 is 22.3 Å². The van der Waals surface area contributed by atoms with Crippen LogP contribution >= 0.6 is 11.3 Å². The molecule has 0 amide bonds. The minimum atomic E-state index is -4.11. The lowest BCUT2D eigenvalue weighted by atomic mass is 10.3. The van der Waals surface area contributed by atoms with E-state index in [0.29, 0.717) is 18.0 Å². The van der Waals surface area contributed by atoms with Crippen molar-refractivity contribution in [3.8, 4) is 0 Å². The van der Waals surface area contributed by atoms with E-state index in [4.69, 9.17) is 5.73 Å². The summed E-state index contributed by atoms with van der Waals surface area (Å²) in [4.78, 5) is 4.05. The summed E-state index contributed by atoms with van der Waals surface area (Å²) in [6.07, 6.45) is -3.13. The minimum Gasteiger partial charge on any atom is -0.368 e. The molecule has 0 saturated carbocycles. The van der Waals surface area contributed by atoms with E-state index < -0.39 is 19.0 Å². The van der Waals surface area contributed by atoms with Crippen LogP contribution in [0.3, 0.4) is 0 Å². The lowest BCUT2D eigenvalue weighted by Gasteiger charge is -2.14. The molecule has 1 heterocycles. The average molecular weight is 272 g/mol. The van der Waals surface area contributed by atoms with E-state index in [1.807, 2.05) is 0 Å². The molecule has 0 saturated heterocycles. The first-order chi connectivity index (χ1) is 7.95. The van der Waals surface area contributed by atoms with E-state index in [2.05, 4.69) is 9.72 Å². The van der Waals surface area contributed by atoms with Crippen LogP contribution in [0.2, 0.25) is 0 Å². The van der Waals surface area contributed by atoms with Gasteiger partial charge in [-0.05, 0) is 6.54 Å². The summed E-state index contributed by atoms with van der Waals surface area (Å²) in [5, 5.41) is 2.20. The fourth-order valence-electron chi connectivity index (χ4n) is 1.02. The highest BCUT2D eigenvalue weighted by atomic mass is 32.1. The summed E-state index contributed by atoms with van der Waals surface area (Å²) in [7, 11) is 0. The number of nitrogens with zero attached hydrogens (tertiary/aromatic N) is 1. The Morgan fingerprint density at radius 1 is 1.47 bits per heavy atom. The van der Waals surface area contributed by atoms with Crippen LogP contribution in [0.15, 0.2) is 5.38 Å². The second-order valence-electron chi connectivity index (χ2n) is 3.33. The first-order valence-corrected chi connectivity index (χ1v) is 5.70. The molecule has 0 spiro atoms. The fourth-order valence-corrected chi connectivity index (χ4v) is 1.78. The molecule has 0 bridgehead atoms. The molecule has 0 atom stereocenters. The van der Waals surface area contributed by atoms with Gasteiger partial charge in [0.25, 0.3) is 0 Å². The number of nitrogens with two attached hydrogens (primary N) is 1. The van der Waals surface area contributed by atoms with Gasteiger partial charge in [0.05, 0.1) is 12.3 Å². The van der Waals surface area contributed by atoms with E-state index >= 15 is 0 Å². The standard InChI is InChI=1S/C9H12F4N2OS/c10-8(11)9(12,13)5-16-3-7-15-6(1-2-14)4-17-7/h4,8H,1-3,5,14H2. The average Bonchev–Trinajstić information content (AvgIpc) is 2.66. The minimum absolute atomic E-state index is 0.197. The van der Waals surface area contributed by atoms with Gasteiger partial charge in [-0.1, -0.05) is 0 Å². The molecular weight excluding hydrogens is 260 g/mol. The highest BCUT2D eigenvalue weighted by Gasteiger charge is 2.40. The van der Waals surface area contributed by atoms with Crippen LogP contribution in [0.4, 0.5) is 17.6 Å². The molecular formula is C9H12F4N2OS. The fraction of sp³-hybridized carbons (Fsp3) is 0.667. The third-order valence-electron chi connectivity index (χ3n) is 1.84. The van der Waals surface area contributed by atoms with Crippen LogP contribution in [0.1, 0.15) is 10.7 Å². The van der Waals surface area contributed by atoms with Crippen molar-refractivity contribution in [3.63, 3.8) is 0 Å². The molecule has 3 nitrogen and oxygen atoms in total. The lowest BCUT2D eigenvalue weighted by molar-refractivity contribution is -0.168. The second kappa shape index (κ2) is 6.27. The maximum atomic E-state index is 12.5. The van der Waals surface area contributed by atoms with E-state index in [9.17, 15) is 17.6 Å². The van der Waals surface area contributed by atoms with Crippen LogP contribution in [-0.4, -0.2) is 30.5 Å². The van der Waals surface area contributed by atoms with E-state index in [-0.39, 0.29) is 6.61 Å². The van der Waals surface area contributed by atoms with Crippen molar-refractivity contribution in [3.05, 3.63) is 16.1 Å². The molecule has 0 aromatic carbocycles. The third-order valence-corrected chi connectivity index (χ3v) is 2.71. The van der Waals surface area contributed by atoms with Crippen LogP contribution < -0.4 is 5.73 Å².